The van der Waals surface area contributed by atoms with Gasteiger partial charge < -0.3 is 14.7 Å². The fraction of sp³-hybridized carbons (Fsp3) is 0.600. The Bertz CT molecular complexity index is 1600. The monoisotopic (exact) mass is 645 g/mol. The summed E-state index contributed by atoms with van der Waals surface area (Å²) in [5, 5.41) is 12.0. The Morgan fingerprint density at radius 2 is 1.84 bits per heavy atom. The van der Waals surface area contributed by atoms with Crippen LogP contribution in [0, 0.1) is 17.3 Å². The lowest BCUT2D eigenvalue weighted by atomic mass is 9.79. The van der Waals surface area contributed by atoms with Crippen molar-refractivity contribution in [3.05, 3.63) is 41.4 Å². The van der Waals surface area contributed by atoms with Gasteiger partial charge in [-0.05, 0) is 76.3 Å². The van der Waals surface area contributed by atoms with Crippen LogP contribution in [0.1, 0.15) is 50.9 Å². The predicted molar refractivity (Wildman–Crippen MR) is 167 cm³/mol. The molecule has 0 unspecified atom stereocenters. The van der Waals surface area contributed by atoms with Gasteiger partial charge in [-0.3, -0.25) is 0 Å². The summed E-state index contributed by atoms with van der Waals surface area (Å²) in [6.07, 6.45) is 8.72. The van der Waals surface area contributed by atoms with E-state index in [9.17, 15) is 18.3 Å². The number of aromatic nitrogens is 3. The van der Waals surface area contributed by atoms with Gasteiger partial charge in [-0.2, -0.15) is 4.31 Å². The molecule has 43 heavy (non-hydrogen) atoms. The van der Waals surface area contributed by atoms with Gasteiger partial charge in [-0.25, -0.2) is 28.2 Å². The number of nitrogens with zero attached hydrogens (tertiary/aromatic N) is 5. The van der Waals surface area contributed by atoms with Crippen LogP contribution in [-0.4, -0.2) is 87.9 Å². The van der Waals surface area contributed by atoms with E-state index < -0.39 is 21.7 Å². The molecule has 2 aliphatic heterocycles. The van der Waals surface area contributed by atoms with E-state index in [-0.39, 0.29) is 28.2 Å². The van der Waals surface area contributed by atoms with E-state index in [1.165, 1.54) is 11.3 Å². The number of thioether (sulfide) groups is 1. The summed E-state index contributed by atoms with van der Waals surface area (Å²) >= 11 is 3.11. The fourth-order valence-electron chi connectivity index (χ4n) is 6.54. The van der Waals surface area contributed by atoms with Gasteiger partial charge in [0.25, 0.3) is 0 Å². The first-order valence-electron chi connectivity index (χ1n) is 14.7. The average Bonchev–Trinajstić information content (AvgIpc) is 3.65. The van der Waals surface area contributed by atoms with E-state index in [0.29, 0.717) is 39.0 Å². The van der Waals surface area contributed by atoms with E-state index in [1.807, 2.05) is 39.4 Å². The van der Waals surface area contributed by atoms with Crippen molar-refractivity contribution in [2.24, 2.45) is 17.3 Å². The molecule has 3 atom stereocenters. The lowest BCUT2D eigenvalue weighted by Crippen LogP contribution is -2.60. The normalized spacial score (nSPS) is 24.1. The third-order valence-electron chi connectivity index (χ3n) is 8.82. The lowest BCUT2D eigenvalue weighted by molar-refractivity contribution is -0.0286. The highest BCUT2D eigenvalue weighted by Gasteiger charge is 2.52. The Labute approximate surface area is 261 Å². The van der Waals surface area contributed by atoms with Crippen LogP contribution >= 0.6 is 23.1 Å². The summed E-state index contributed by atoms with van der Waals surface area (Å²) < 4.78 is 35.1. The molecule has 1 aromatic carbocycles. The van der Waals surface area contributed by atoms with Crippen LogP contribution in [-0.2, 0) is 27.6 Å². The Balaban J connectivity index is 1.07. The van der Waals surface area contributed by atoms with Crippen molar-refractivity contribution < 1.29 is 23.1 Å². The van der Waals surface area contributed by atoms with Gasteiger partial charge in [-0.15, -0.1) is 23.1 Å². The van der Waals surface area contributed by atoms with Crippen LogP contribution in [0.5, 0.6) is 0 Å². The molecule has 232 valence electrons. The van der Waals surface area contributed by atoms with Crippen molar-refractivity contribution in [2.45, 2.75) is 74.4 Å². The van der Waals surface area contributed by atoms with Gasteiger partial charge in [0.05, 0.1) is 26.2 Å². The van der Waals surface area contributed by atoms with Crippen molar-refractivity contribution in [3.8, 4) is 0 Å². The molecular weight excluding hydrogens is 607 g/mol. The topological polar surface area (TPSA) is 126 Å². The first kappa shape index (κ1) is 30.7. The Morgan fingerprint density at radius 3 is 2.51 bits per heavy atom. The minimum Gasteiger partial charge on any atom is -0.444 e. The third kappa shape index (κ3) is 6.42. The number of sulfonamides is 1. The maximum absolute atomic E-state index is 13.6. The summed E-state index contributed by atoms with van der Waals surface area (Å²) in [5.41, 5.74) is 0.000911. The predicted octanol–water partition coefficient (Wildman–Crippen LogP) is 4.61. The SMILES string of the molecule is CSc1cnc(C[C@H]2CC[C@H](Cc3nc4ccc(S(=O)(=O)N5CCC6(CN(C(=O)OC(C)(C)C)C6)C5)cc4s3)[C@@H]2O)nc1. The maximum Gasteiger partial charge on any atom is 0.410 e. The Hall–Kier alpha value is -2.32. The summed E-state index contributed by atoms with van der Waals surface area (Å²) in [7, 11) is -3.68. The van der Waals surface area contributed by atoms with E-state index in [1.54, 1.807) is 39.2 Å². The van der Waals surface area contributed by atoms with Crippen LogP contribution in [0.15, 0.2) is 40.4 Å². The molecule has 3 aromatic rings. The molecule has 10 nitrogen and oxygen atoms in total. The van der Waals surface area contributed by atoms with Gasteiger partial charge in [0.2, 0.25) is 10.0 Å². The number of hydrogen-bond acceptors (Lipinski definition) is 10. The highest BCUT2D eigenvalue weighted by atomic mass is 32.2. The molecule has 13 heteroatoms. The van der Waals surface area contributed by atoms with Gasteiger partial charge in [0.15, 0.2) is 0 Å². The number of ether oxygens (including phenoxy) is 1. The van der Waals surface area contributed by atoms with E-state index in [4.69, 9.17) is 9.72 Å². The molecule has 1 saturated carbocycles. The molecule has 4 heterocycles. The first-order valence-corrected chi connectivity index (χ1v) is 18.2. The van der Waals surface area contributed by atoms with E-state index in [0.717, 1.165) is 45.2 Å². The van der Waals surface area contributed by atoms with Crippen LogP contribution in [0.4, 0.5) is 4.79 Å². The highest BCUT2D eigenvalue weighted by Crippen LogP contribution is 2.42. The van der Waals surface area contributed by atoms with Crippen LogP contribution in [0.25, 0.3) is 10.2 Å². The Kier molecular flexibility index (Phi) is 8.25. The lowest BCUT2D eigenvalue weighted by Gasteiger charge is -2.47. The zero-order chi connectivity index (χ0) is 30.6. The standard InChI is InChI=1S/C30H39N5O5S3/c1-29(2,3)40-28(37)34-16-30(17-34)9-10-35(18-30)43(38,39)22-7-8-23-24(13-22)42-26(33-23)12-20-6-5-19(27(20)36)11-25-31-14-21(41-4)15-32-25/h7-8,13-15,19-20,27,36H,5-6,9-12,16-18H2,1-4H3/t19-,20-,27-/m1/s1. The third-order valence-corrected chi connectivity index (χ3v) is 12.4. The number of aliphatic hydroxyl groups excluding tert-OH is 1. The van der Waals surface area contributed by atoms with Gasteiger partial charge in [0.1, 0.15) is 11.4 Å². The smallest absolute Gasteiger partial charge is 0.410 e. The van der Waals surface area contributed by atoms with Gasteiger partial charge >= 0.3 is 6.09 Å². The quantitative estimate of drug-likeness (QED) is 0.367. The summed E-state index contributed by atoms with van der Waals surface area (Å²) in [5.74, 6) is 0.979. The number of carbonyl (C=O) groups is 1. The number of amides is 1. The number of likely N-dealkylation sites (tertiary alicyclic amines) is 1. The van der Waals surface area contributed by atoms with Crippen molar-refractivity contribution in [1.82, 2.24) is 24.2 Å². The van der Waals surface area contributed by atoms with Crippen molar-refractivity contribution in [2.75, 3.05) is 32.4 Å². The molecule has 2 aromatic heterocycles. The second-order valence-electron chi connectivity index (χ2n) is 13.2. The van der Waals surface area contributed by atoms with E-state index in [2.05, 4.69) is 9.97 Å². The molecule has 2 saturated heterocycles. The number of hydrogen-bond donors (Lipinski definition) is 1. The zero-order valence-electron chi connectivity index (χ0n) is 25.0. The molecule has 6 rings (SSSR count). The van der Waals surface area contributed by atoms with Crippen LogP contribution in [0.3, 0.4) is 0 Å². The molecule has 3 aliphatic rings. The number of thiazole rings is 1. The zero-order valence-corrected chi connectivity index (χ0v) is 27.5. The van der Waals surface area contributed by atoms with E-state index >= 15 is 0 Å². The number of aliphatic hydroxyl groups is 1. The molecule has 3 fully saturated rings. The Morgan fingerprint density at radius 1 is 1.14 bits per heavy atom. The van der Waals surface area contributed by atoms with Crippen molar-refractivity contribution >= 4 is 49.4 Å². The first-order chi connectivity index (χ1) is 20.3. The molecule has 0 radical (unpaired) electrons. The molecule has 1 aliphatic carbocycles. The second-order valence-corrected chi connectivity index (χ2v) is 17.1. The largest absolute Gasteiger partial charge is 0.444 e. The van der Waals surface area contributed by atoms with Gasteiger partial charge in [-0.1, -0.05) is 0 Å². The molecule has 1 N–H and O–H groups in total. The van der Waals surface area contributed by atoms with Crippen molar-refractivity contribution in [1.29, 1.82) is 0 Å². The summed E-state index contributed by atoms with van der Waals surface area (Å²) in [6.45, 7) is 7.37. The summed E-state index contributed by atoms with van der Waals surface area (Å²) in [4.78, 5) is 29.0. The summed E-state index contributed by atoms with van der Waals surface area (Å²) in [6, 6.07) is 5.15. The maximum atomic E-state index is 13.6. The average molecular weight is 646 g/mol. The number of benzene rings is 1. The number of carbonyl (C=O) groups excluding carboxylic acids is 1. The van der Waals surface area contributed by atoms with Crippen LogP contribution in [0.2, 0.25) is 0 Å². The number of fused-ring (bicyclic) bond motifs is 1. The molecule has 1 spiro atoms. The second kappa shape index (κ2) is 11.6. The van der Waals surface area contributed by atoms with Crippen molar-refractivity contribution in [3.63, 3.8) is 0 Å². The minimum atomic E-state index is -3.68. The molecular formula is C30H39N5O5S3. The highest BCUT2D eigenvalue weighted by molar-refractivity contribution is 7.98. The van der Waals surface area contributed by atoms with Crippen LogP contribution < -0.4 is 0 Å². The van der Waals surface area contributed by atoms with Gasteiger partial charge in [0, 0.05) is 61.7 Å². The fourth-order valence-corrected chi connectivity index (χ4v) is 9.61. The number of rotatable bonds is 7. The molecule has 0 bridgehead atoms. The minimum absolute atomic E-state index is 0.0998. The molecule has 1 amide bonds.